The number of hydrogen-bond donors (Lipinski definition) is 0. The molecule has 0 saturated carbocycles. The molecule has 0 saturated heterocycles. The molecule has 2 heterocycles. The van der Waals surface area contributed by atoms with Crippen molar-refractivity contribution in [3.05, 3.63) is 40.5 Å². The van der Waals surface area contributed by atoms with Gasteiger partial charge in [-0.25, -0.2) is 0 Å². The third-order valence-electron chi connectivity index (χ3n) is 3.24. The van der Waals surface area contributed by atoms with E-state index >= 15 is 0 Å². The van der Waals surface area contributed by atoms with Crippen LogP contribution in [0.15, 0.2) is 24.3 Å². The first kappa shape index (κ1) is 14.5. The largest absolute Gasteiger partial charge is 0.296 e. The molecule has 0 fully saturated rings. The maximum atomic E-state index is 11.3. The van der Waals surface area contributed by atoms with Crippen molar-refractivity contribution < 1.29 is 4.79 Å². The van der Waals surface area contributed by atoms with Gasteiger partial charge in [0.25, 0.3) is 0 Å². The van der Waals surface area contributed by atoms with Gasteiger partial charge in [0, 0.05) is 11.5 Å². The molecular formula is C15H15N5OS. The second kappa shape index (κ2) is 5.76. The predicted molar refractivity (Wildman–Crippen MR) is 84.5 cm³/mol. The van der Waals surface area contributed by atoms with Crippen molar-refractivity contribution in [2.24, 2.45) is 0 Å². The van der Waals surface area contributed by atoms with Gasteiger partial charge in [-0.1, -0.05) is 60.2 Å². The van der Waals surface area contributed by atoms with Crippen molar-refractivity contribution >= 4 is 17.6 Å². The van der Waals surface area contributed by atoms with Crippen LogP contribution in [-0.4, -0.2) is 31.5 Å². The Hall–Kier alpha value is -2.41. The molecule has 3 rings (SSSR count). The Labute approximate surface area is 131 Å². The van der Waals surface area contributed by atoms with Gasteiger partial charge in [-0.2, -0.15) is 4.68 Å². The lowest BCUT2D eigenvalue weighted by Crippen LogP contribution is -1.99. The van der Waals surface area contributed by atoms with E-state index in [1.54, 1.807) is 4.68 Å². The highest BCUT2D eigenvalue weighted by atomic mass is 32.1. The SMILES string of the molecule is Cc1ccc(-c2c(C=O)nnn2-c2nnc(C(C)C)s2)cc1. The van der Waals surface area contributed by atoms with Crippen LogP contribution < -0.4 is 0 Å². The quantitative estimate of drug-likeness (QED) is 0.692. The Morgan fingerprint density at radius 1 is 1.14 bits per heavy atom. The molecule has 0 atom stereocenters. The first-order chi connectivity index (χ1) is 10.6. The molecular weight excluding hydrogens is 298 g/mol. The van der Waals surface area contributed by atoms with Crippen LogP contribution in [0.25, 0.3) is 16.4 Å². The number of carbonyl (C=O) groups is 1. The van der Waals surface area contributed by atoms with Crippen molar-refractivity contribution in [1.29, 1.82) is 0 Å². The molecule has 0 aliphatic carbocycles. The van der Waals surface area contributed by atoms with Crippen molar-refractivity contribution in [2.45, 2.75) is 26.7 Å². The second-order valence-corrected chi connectivity index (χ2v) is 6.28. The van der Waals surface area contributed by atoms with E-state index in [1.165, 1.54) is 11.3 Å². The lowest BCUT2D eigenvalue weighted by molar-refractivity contribution is 0.111. The molecule has 3 aromatic rings. The van der Waals surface area contributed by atoms with E-state index in [-0.39, 0.29) is 0 Å². The molecule has 0 aliphatic rings. The molecule has 0 bridgehead atoms. The Morgan fingerprint density at radius 2 is 1.86 bits per heavy atom. The molecule has 0 N–H and O–H groups in total. The Kier molecular flexibility index (Phi) is 3.81. The molecule has 0 aliphatic heterocycles. The Bertz CT molecular complexity index is 804. The third-order valence-corrected chi connectivity index (χ3v) is 4.44. The average molecular weight is 313 g/mol. The molecule has 22 heavy (non-hydrogen) atoms. The number of hydrogen-bond acceptors (Lipinski definition) is 6. The molecule has 112 valence electrons. The zero-order valence-corrected chi connectivity index (χ0v) is 13.3. The monoisotopic (exact) mass is 313 g/mol. The van der Waals surface area contributed by atoms with E-state index in [1.807, 2.05) is 31.2 Å². The van der Waals surface area contributed by atoms with E-state index in [4.69, 9.17) is 0 Å². The highest BCUT2D eigenvalue weighted by Gasteiger charge is 2.19. The number of aromatic nitrogens is 5. The molecule has 1 aromatic carbocycles. The number of benzene rings is 1. The number of carbonyl (C=O) groups excluding carboxylic acids is 1. The highest BCUT2D eigenvalue weighted by molar-refractivity contribution is 7.13. The summed E-state index contributed by atoms with van der Waals surface area (Å²) in [6.07, 6.45) is 0.711. The second-order valence-electron chi connectivity index (χ2n) is 5.30. The number of aldehydes is 1. The van der Waals surface area contributed by atoms with Crippen LogP contribution in [0.5, 0.6) is 0 Å². The van der Waals surface area contributed by atoms with Crippen molar-refractivity contribution in [2.75, 3.05) is 0 Å². The summed E-state index contributed by atoms with van der Waals surface area (Å²) in [4.78, 5) is 11.3. The summed E-state index contributed by atoms with van der Waals surface area (Å²) in [5.74, 6) is 0.295. The molecule has 7 heteroatoms. The molecule has 0 spiro atoms. The van der Waals surface area contributed by atoms with Gasteiger partial charge in [-0.05, 0) is 6.92 Å². The fraction of sp³-hybridized carbons (Fsp3) is 0.267. The number of aryl methyl sites for hydroxylation is 1. The Balaban J connectivity index is 2.14. The van der Waals surface area contributed by atoms with Crippen LogP contribution in [0.4, 0.5) is 0 Å². The maximum Gasteiger partial charge on any atom is 0.234 e. The van der Waals surface area contributed by atoms with Crippen LogP contribution in [0.2, 0.25) is 0 Å². The smallest absolute Gasteiger partial charge is 0.234 e. The summed E-state index contributed by atoms with van der Waals surface area (Å²) < 4.78 is 1.58. The Morgan fingerprint density at radius 3 is 2.45 bits per heavy atom. The number of nitrogens with zero attached hydrogens (tertiary/aromatic N) is 5. The fourth-order valence-electron chi connectivity index (χ4n) is 2.03. The predicted octanol–water partition coefficient (Wildman–Crippen LogP) is 3.03. The van der Waals surface area contributed by atoms with E-state index in [2.05, 4.69) is 34.4 Å². The third kappa shape index (κ3) is 2.55. The zero-order valence-electron chi connectivity index (χ0n) is 12.5. The summed E-state index contributed by atoms with van der Waals surface area (Å²) >= 11 is 1.45. The van der Waals surface area contributed by atoms with Gasteiger partial charge in [0.1, 0.15) is 10.7 Å². The topological polar surface area (TPSA) is 73.6 Å². The summed E-state index contributed by atoms with van der Waals surface area (Å²) in [5.41, 5.74) is 2.96. The van der Waals surface area contributed by atoms with Crippen LogP contribution >= 0.6 is 11.3 Å². The minimum absolute atomic E-state index is 0.295. The van der Waals surface area contributed by atoms with Crippen molar-refractivity contribution in [1.82, 2.24) is 25.2 Å². The van der Waals surface area contributed by atoms with Crippen LogP contribution in [0.3, 0.4) is 0 Å². The molecule has 0 radical (unpaired) electrons. The van der Waals surface area contributed by atoms with Gasteiger partial charge in [-0.15, -0.1) is 15.3 Å². The minimum Gasteiger partial charge on any atom is -0.296 e. The lowest BCUT2D eigenvalue weighted by atomic mass is 10.1. The highest BCUT2D eigenvalue weighted by Crippen LogP contribution is 2.28. The summed E-state index contributed by atoms with van der Waals surface area (Å²) in [5, 5.41) is 17.9. The molecule has 0 amide bonds. The summed E-state index contributed by atoms with van der Waals surface area (Å²) in [6.45, 7) is 6.13. The van der Waals surface area contributed by atoms with E-state index in [0.29, 0.717) is 28.7 Å². The number of rotatable bonds is 4. The van der Waals surface area contributed by atoms with Gasteiger partial charge >= 0.3 is 0 Å². The first-order valence-electron chi connectivity index (χ1n) is 6.92. The molecule has 0 unspecified atom stereocenters. The molecule has 6 nitrogen and oxygen atoms in total. The van der Waals surface area contributed by atoms with Crippen LogP contribution in [0, 0.1) is 6.92 Å². The van der Waals surface area contributed by atoms with Gasteiger partial charge in [0.05, 0.1) is 0 Å². The fourth-order valence-corrected chi connectivity index (χ4v) is 2.83. The molecule has 2 aromatic heterocycles. The van der Waals surface area contributed by atoms with Crippen LogP contribution in [0.1, 0.15) is 40.8 Å². The van der Waals surface area contributed by atoms with E-state index in [9.17, 15) is 4.79 Å². The zero-order chi connectivity index (χ0) is 15.7. The maximum absolute atomic E-state index is 11.3. The van der Waals surface area contributed by atoms with Crippen molar-refractivity contribution in [3.63, 3.8) is 0 Å². The van der Waals surface area contributed by atoms with Gasteiger partial charge < -0.3 is 0 Å². The standard InChI is InChI=1S/C15H15N5OS/c1-9(2)14-17-18-15(22-14)20-13(12(8-21)16-19-20)11-6-4-10(3)5-7-11/h4-9H,1-3H3. The summed E-state index contributed by atoms with van der Waals surface area (Å²) in [7, 11) is 0. The van der Waals surface area contributed by atoms with Gasteiger partial charge in [0.15, 0.2) is 12.0 Å². The van der Waals surface area contributed by atoms with E-state index < -0.39 is 0 Å². The van der Waals surface area contributed by atoms with E-state index in [0.717, 1.165) is 16.1 Å². The van der Waals surface area contributed by atoms with Crippen LogP contribution in [-0.2, 0) is 0 Å². The first-order valence-corrected chi connectivity index (χ1v) is 7.73. The van der Waals surface area contributed by atoms with Gasteiger partial charge in [0.2, 0.25) is 5.13 Å². The van der Waals surface area contributed by atoms with Crippen molar-refractivity contribution in [3.8, 4) is 16.4 Å². The normalized spacial score (nSPS) is 11.1. The van der Waals surface area contributed by atoms with Gasteiger partial charge in [-0.3, -0.25) is 4.79 Å². The minimum atomic E-state index is 0.295. The lowest BCUT2D eigenvalue weighted by Gasteiger charge is -2.04. The summed E-state index contributed by atoms with van der Waals surface area (Å²) in [6, 6.07) is 7.87. The average Bonchev–Trinajstić information content (AvgIpc) is 3.14.